The Kier molecular flexibility index (Phi) is 5.05. The van der Waals surface area contributed by atoms with Gasteiger partial charge in [-0.3, -0.25) is 4.79 Å². The summed E-state index contributed by atoms with van der Waals surface area (Å²) < 4.78 is 13.0. The van der Waals surface area contributed by atoms with Crippen LogP contribution >= 0.6 is 11.3 Å². The predicted octanol–water partition coefficient (Wildman–Crippen LogP) is 3.16. The number of rotatable bonds is 5. The van der Waals surface area contributed by atoms with Gasteiger partial charge in [0.2, 0.25) is 5.91 Å². The first-order chi connectivity index (χ1) is 12.6. The van der Waals surface area contributed by atoms with Gasteiger partial charge in [-0.1, -0.05) is 12.1 Å². The summed E-state index contributed by atoms with van der Waals surface area (Å²) in [4.78, 5) is 19.2. The van der Waals surface area contributed by atoms with Gasteiger partial charge in [-0.25, -0.2) is 9.37 Å². The number of hydrogen-bond acceptors (Lipinski definition) is 4. The maximum absolute atomic E-state index is 13.0. The van der Waals surface area contributed by atoms with Crippen LogP contribution in [0.5, 0.6) is 0 Å². The molecule has 2 aliphatic rings. The third-order valence-electron chi connectivity index (χ3n) is 5.59. The van der Waals surface area contributed by atoms with E-state index in [1.807, 2.05) is 17.3 Å². The lowest BCUT2D eigenvalue weighted by atomic mass is 9.98. The molecule has 2 atom stereocenters. The Hall–Kier alpha value is -1.79. The lowest BCUT2D eigenvalue weighted by Gasteiger charge is -2.35. The number of carbonyl (C=O) groups is 1. The first-order valence-corrected chi connectivity index (χ1v) is 10.1. The molecule has 2 bridgehead atoms. The third kappa shape index (κ3) is 3.96. The van der Waals surface area contributed by atoms with Gasteiger partial charge in [0.15, 0.2) is 0 Å². The standard InChI is InChI=1S/C20H24FN3OS/c1-24(18-9-15-6-7-16(10-18)22-15)20(25)11-17-12-26-19(23-17)8-13-2-4-14(21)5-3-13/h2-5,12,15-16,18,22H,6-11H2,1H3. The molecule has 26 heavy (non-hydrogen) atoms. The minimum Gasteiger partial charge on any atom is -0.342 e. The Bertz CT molecular complexity index is 764. The summed E-state index contributed by atoms with van der Waals surface area (Å²) in [5.74, 6) is -0.0801. The van der Waals surface area contributed by atoms with Gasteiger partial charge >= 0.3 is 0 Å². The summed E-state index contributed by atoms with van der Waals surface area (Å²) in [5, 5.41) is 6.55. The molecule has 3 heterocycles. The van der Waals surface area contributed by atoms with E-state index in [0.29, 0.717) is 31.0 Å². The second kappa shape index (κ2) is 7.45. The van der Waals surface area contributed by atoms with Crippen molar-refractivity contribution in [3.63, 3.8) is 0 Å². The molecule has 2 unspecified atom stereocenters. The summed E-state index contributed by atoms with van der Waals surface area (Å²) in [6, 6.07) is 7.99. The van der Waals surface area contributed by atoms with Gasteiger partial charge in [0.25, 0.3) is 0 Å². The topological polar surface area (TPSA) is 45.2 Å². The number of fused-ring (bicyclic) bond motifs is 2. The molecule has 0 saturated carbocycles. The Balaban J connectivity index is 1.34. The fourth-order valence-corrected chi connectivity index (χ4v) is 4.94. The minimum atomic E-state index is -0.228. The van der Waals surface area contributed by atoms with Crippen molar-refractivity contribution in [3.05, 3.63) is 51.7 Å². The molecule has 138 valence electrons. The first kappa shape index (κ1) is 17.6. The molecule has 0 radical (unpaired) electrons. The highest BCUT2D eigenvalue weighted by Gasteiger charge is 2.36. The highest BCUT2D eigenvalue weighted by Crippen LogP contribution is 2.29. The fraction of sp³-hybridized carbons (Fsp3) is 0.500. The van der Waals surface area contributed by atoms with Crippen molar-refractivity contribution in [1.82, 2.24) is 15.2 Å². The van der Waals surface area contributed by atoms with E-state index in [4.69, 9.17) is 0 Å². The fourth-order valence-electron chi connectivity index (χ4n) is 4.11. The average Bonchev–Trinajstić information content (AvgIpc) is 3.21. The zero-order valence-electron chi connectivity index (χ0n) is 15.0. The SMILES string of the molecule is CN(C(=O)Cc1csc(Cc2ccc(F)cc2)n1)C1CC2CCC(C1)N2. The summed E-state index contributed by atoms with van der Waals surface area (Å²) >= 11 is 1.56. The van der Waals surface area contributed by atoms with Crippen molar-refractivity contribution >= 4 is 17.2 Å². The number of carbonyl (C=O) groups excluding carboxylic acids is 1. The van der Waals surface area contributed by atoms with E-state index in [1.165, 1.54) is 25.0 Å². The van der Waals surface area contributed by atoms with Gasteiger partial charge in [0, 0.05) is 37.0 Å². The Morgan fingerprint density at radius 1 is 1.27 bits per heavy atom. The number of likely N-dealkylation sites (N-methyl/N-ethyl adjacent to an activating group) is 1. The maximum Gasteiger partial charge on any atom is 0.228 e. The zero-order chi connectivity index (χ0) is 18.1. The molecule has 1 aromatic heterocycles. The number of benzene rings is 1. The monoisotopic (exact) mass is 373 g/mol. The normalized spacial score (nSPS) is 24.6. The van der Waals surface area contributed by atoms with Crippen LogP contribution in [0.3, 0.4) is 0 Å². The van der Waals surface area contributed by atoms with Crippen LogP contribution < -0.4 is 5.32 Å². The van der Waals surface area contributed by atoms with Gasteiger partial charge in [0.05, 0.1) is 17.1 Å². The number of amides is 1. The zero-order valence-corrected chi connectivity index (χ0v) is 15.8. The van der Waals surface area contributed by atoms with Gasteiger partial charge < -0.3 is 10.2 Å². The molecule has 2 fully saturated rings. The molecule has 1 N–H and O–H groups in total. The van der Waals surface area contributed by atoms with Crippen LogP contribution in [-0.4, -0.2) is 41.0 Å². The summed E-state index contributed by atoms with van der Waals surface area (Å²) in [5.41, 5.74) is 1.86. The Morgan fingerprint density at radius 3 is 2.65 bits per heavy atom. The Morgan fingerprint density at radius 2 is 1.96 bits per heavy atom. The number of nitrogens with zero attached hydrogens (tertiary/aromatic N) is 2. The molecule has 4 nitrogen and oxygen atoms in total. The van der Waals surface area contributed by atoms with Crippen molar-refractivity contribution in [2.24, 2.45) is 0 Å². The van der Waals surface area contributed by atoms with Crippen LogP contribution in [0.2, 0.25) is 0 Å². The number of aromatic nitrogens is 1. The molecule has 0 aliphatic carbocycles. The number of piperidine rings is 1. The van der Waals surface area contributed by atoms with E-state index >= 15 is 0 Å². The quantitative estimate of drug-likeness (QED) is 0.876. The maximum atomic E-state index is 13.0. The molecule has 1 amide bonds. The second-order valence-corrected chi connectivity index (χ2v) is 8.42. The van der Waals surface area contributed by atoms with Crippen LogP contribution in [0, 0.1) is 5.82 Å². The number of hydrogen-bond donors (Lipinski definition) is 1. The molecule has 2 aromatic rings. The molecule has 6 heteroatoms. The van der Waals surface area contributed by atoms with Crippen LogP contribution in [0.15, 0.2) is 29.6 Å². The predicted molar refractivity (Wildman–Crippen MR) is 101 cm³/mol. The van der Waals surface area contributed by atoms with E-state index in [0.717, 1.165) is 29.1 Å². The largest absolute Gasteiger partial charge is 0.342 e. The van der Waals surface area contributed by atoms with Crippen molar-refractivity contribution < 1.29 is 9.18 Å². The van der Waals surface area contributed by atoms with E-state index in [1.54, 1.807) is 23.5 Å². The lowest BCUT2D eigenvalue weighted by molar-refractivity contribution is -0.132. The van der Waals surface area contributed by atoms with E-state index in [2.05, 4.69) is 10.3 Å². The summed E-state index contributed by atoms with van der Waals surface area (Å²) in [7, 11) is 1.93. The minimum absolute atomic E-state index is 0.148. The molecule has 4 rings (SSSR count). The van der Waals surface area contributed by atoms with Crippen molar-refractivity contribution in [2.75, 3.05) is 7.05 Å². The summed E-state index contributed by atoms with van der Waals surface area (Å²) in [6.45, 7) is 0. The lowest BCUT2D eigenvalue weighted by Crippen LogP contribution is -2.49. The highest BCUT2D eigenvalue weighted by molar-refractivity contribution is 7.09. The van der Waals surface area contributed by atoms with Gasteiger partial charge in [-0.2, -0.15) is 0 Å². The molecular weight excluding hydrogens is 349 g/mol. The second-order valence-electron chi connectivity index (χ2n) is 7.48. The van der Waals surface area contributed by atoms with E-state index in [-0.39, 0.29) is 11.7 Å². The van der Waals surface area contributed by atoms with E-state index < -0.39 is 0 Å². The van der Waals surface area contributed by atoms with Crippen molar-refractivity contribution in [1.29, 1.82) is 0 Å². The van der Waals surface area contributed by atoms with Crippen LogP contribution in [0.4, 0.5) is 4.39 Å². The van der Waals surface area contributed by atoms with Crippen LogP contribution in [0.25, 0.3) is 0 Å². The Labute approximate surface area is 157 Å². The molecule has 2 aliphatic heterocycles. The smallest absolute Gasteiger partial charge is 0.228 e. The van der Waals surface area contributed by atoms with Crippen LogP contribution in [-0.2, 0) is 17.6 Å². The highest BCUT2D eigenvalue weighted by atomic mass is 32.1. The van der Waals surface area contributed by atoms with Crippen molar-refractivity contribution in [3.8, 4) is 0 Å². The van der Waals surface area contributed by atoms with Crippen molar-refractivity contribution in [2.45, 2.75) is 56.7 Å². The first-order valence-electron chi connectivity index (χ1n) is 9.26. The number of nitrogens with one attached hydrogen (secondary N) is 1. The van der Waals surface area contributed by atoms with Gasteiger partial charge in [-0.05, 0) is 43.4 Å². The number of halogens is 1. The average molecular weight is 373 g/mol. The molecule has 1 aromatic carbocycles. The molecule has 2 saturated heterocycles. The summed E-state index contributed by atoms with van der Waals surface area (Å²) in [6.07, 6.45) is 5.63. The van der Waals surface area contributed by atoms with Gasteiger partial charge in [0.1, 0.15) is 5.82 Å². The molecule has 0 spiro atoms. The van der Waals surface area contributed by atoms with E-state index in [9.17, 15) is 9.18 Å². The third-order valence-corrected chi connectivity index (χ3v) is 6.49. The number of thiazole rings is 1. The molecular formula is C20H24FN3OS. The van der Waals surface area contributed by atoms with Crippen LogP contribution in [0.1, 0.15) is 41.9 Å². The van der Waals surface area contributed by atoms with Gasteiger partial charge in [-0.15, -0.1) is 11.3 Å².